The Bertz CT molecular complexity index is 1490. The van der Waals surface area contributed by atoms with Gasteiger partial charge >= 0.3 is 0 Å². The third-order valence-electron chi connectivity index (χ3n) is 6.40. The molecule has 0 spiro atoms. The monoisotopic (exact) mass is 512 g/mol. The van der Waals surface area contributed by atoms with Gasteiger partial charge in [-0.05, 0) is 35.9 Å². The van der Waals surface area contributed by atoms with Crippen LogP contribution < -0.4 is 20.7 Å². The molecule has 194 valence electrons. The van der Waals surface area contributed by atoms with Crippen LogP contribution in [-0.2, 0) is 15.1 Å². The number of methoxy groups -OCH3 is 1. The van der Waals surface area contributed by atoms with E-state index in [0.29, 0.717) is 47.4 Å². The Morgan fingerprint density at radius 1 is 1.26 bits per heavy atom. The molecule has 0 aliphatic carbocycles. The molecule has 2 aromatic carbocycles. The summed E-state index contributed by atoms with van der Waals surface area (Å²) in [6.45, 7) is 5.09. The number of rotatable bonds is 8. The van der Waals surface area contributed by atoms with Crippen LogP contribution in [0, 0.1) is 0 Å². The maximum absolute atomic E-state index is 11.7. The third kappa shape index (κ3) is 5.05. The van der Waals surface area contributed by atoms with Gasteiger partial charge in [0.15, 0.2) is 0 Å². The molecule has 0 saturated carbocycles. The molecule has 10 heteroatoms. The standard InChI is InChI=1S/C28H28N6O4/c1-3-25(36)32-20-9-10-30-23(14-20)21-6-4-5-18-15-31-27(34-26(18)21)33-22-8-7-19(13-24(22)37-2)28(17-35)16-29-11-12-38-28/h3-10,13-15,29,35H,1,11-12,16-17H2,2H3,(H,30,32,36)(H,31,33,34). The minimum atomic E-state index is -0.828. The molecule has 3 heterocycles. The van der Waals surface area contributed by atoms with Crippen molar-refractivity contribution >= 4 is 34.1 Å². The number of morpholine rings is 1. The van der Waals surface area contributed by atoms with E-state index in [-0.39, 0.29) is 12.5 Å². The van der Waals surface area contributed by atoms with Crippen molar-refractivity contribution in [2.24, 2.45) is 0 Å². The van der Waals surface area contributed by atoms with E-state index in [1.165, 1.54) is 6.08 Å². The molecule has 10 nitrogen and oxygen atoms in total. The van der Waals surface area contributed by atoms with Crippen LogP contribution >= 0.6 is 0 Å². The fourth-order valence-corrected chi connectivity index (χ4v) is 4.41. The summed E-state index contributed by atoms with van der Waals surface area (Å²) in [6.07, 6.45) is 4.58. The van der Waals surface area contributed by atoms with E-state index in [0.717, 1.165) is 23.1 Å². The van der Waals surface area contributed by atoms with Crippen molar-refractivity contribution in [2.45, 2.75) is 5.60 Å². The number of nitrogens with one attached hydrogen (secondary N) is 3. The van der Waals surface area contributed by atoms with E-state index in [9.17, 15) is 9.90 Å². The lowest BCUT2D eigenvalue weighted by molar-refractivity contribution is -0.111. The predicted molar refractivity (Wildman–Crippen MR) is 145 cm³/mol. The number of aliphatic hydroxyl groups excluding tert-OH is 1. The highest BCUT2D eigenvalue weighted by Gasteiger charge is 2.35. The van der Waals surface area contributed by atoms with Crippen molar-refractivity contribution < 1.29 is 19.4 Å². The second-order valence-corrected chi connectivity index (χ2v) is 8.78. The number of nitrogens with zero attached hydrogens (tertiary/aromatic N) is 3. The zero-order valence-corrected chi connectivity index (χ0v) is 20.9. The van der Waals surface area contributed by atoms with Gasteiger partial charge in [-0.1, -0.05) is 30.8 Å². The molecule has 2 aromatic heterocycles. The summed E-state index contributed by atoms with van der Waals surface area (Å²) in [4.78, 5) is 25.5. The number of ether oxygens (including phenoxy) is 2. The lowest BCUT2D eigenvalue weighted by Crippen LogP contribution is -2.49. The average molecular weight is 513 g/mol. The number of benzene rings is 2. The molecule has 4 N–H and O–H groups in total. The Labute approximate surface area is 219 Å². The number of hydrogen-bond acceptors (Lipinski definition) is 9. The average Bonchev–Trinajstić information content (AvgIpc) is 2.97. The van der Waals surface area contributed by atoms with Crippen LogP contribution in [0.2, 0.25) is 0 Å². The molecule has 0 radical (unpaired) electrons. The van der Waals surface area contributed by atoms with E-state index in [1.54, 1.807) is 31.6 Å². The number of hydrogen-bond donors (Lipinski definition) is 4. The summed E-state index contributed by atoms with van der Waals surface area (Å²) in [5.74, 6) is 0.637. The number of anilines is 3. The Balaban J connectivity index is 1.48. The molecule has 1 atom stereocenters. The number of para-hydroxylation sites is 1. The van der Waals surface area contributed by atoms with E-state index in [2.05, 4.69) is 32.5 Å². The summed E-state index contributed by atoms with van der Waals surface area (Å²) < 4.78 is 11.6. The van der Waals surface area contributed by atoms with E-state index in [1.807, 2.05) is 36.4 Å². The van der Waals surface area contributed by atoms with Crippen molar-refractivity contribution in [1.29, 1.82) is 0 Å². The van der Waals surface area contributed by atoms with Crippen LogP contribution in [0.5, 0.6) is 5.75 Å². The number of aromatic nitrogens is 3. The topological polar surface area (TPSA) is 131 Å². The molecule has 4 aromatic rings. The lowest BCUT2D eigenvalue weighted by atomic mass is 9.92. The maximum Gasteiger partial charge on any atom is 0.247 e. The first-order chi connectivity index (χ1) is 18.5. The number of aliphatic hydroxyl groups is 1. The summed E-state index contributed by atoms with van der Waals surface area (Å²) in [7, 11) is 1.58. The molecule has 1 saturated heterocycles. The summed E-state index contributed by atoms with van der Waals surface area (Å²) >= 11 is 0. The highest BCUT2D eigenvalue weighted by Crippen LogP contribution is 2.35. The van der Waals surface area contributed by atoms with Gasteiger partial charge in [0.2, 0.25) is 11.9 Å². The molecule has 38 heavy (non-hydrogen) atoms. The smallest absolute Gasteiger partial charge is 0.247 e. The molecular formula is C28H28N6O4. The number of fused-ring (bicyclic) bond motifs is 1. The van der Waals surface area contributed by atoms with E-state index in [4.69, 9.17) is 14.5 Å². The van der Waals surface area contributed by atoms with Gasteiger partial charge in [0.25, 0.3) is 0 Å². The van der Waals surface area contributed by atoms with Gasteiger partial charge < -0.3 is 30.5 Å². The van der Waals surface area contributed by atoms with Gasteiger partial charge in [-0.3, -0.25) is 9.78 Å². The van der Waals surface area contributed by atoms with Crippen LogP contribution in [-0.4, -0.2) is 59.4 Å². The van der Waals surface area contributed by atoms with Gasteiger partial charge in [-0.25, -0.2) is 9.97 Å². The highest BCUT2D eigenvalue weighted by atomic mass is 16.5. The Hall–Kier alpha value is -4.38. The summed E-state index contributed by atoms with van der Waals surface area (Å²) in [5.41, 5.74) is 3.39. The molecule has 1 amide bonds. The Kier molecular flexibility index (Phi) is 7.27. The van der Waals surface area contributed by atoms with Crippen LogP contribution in [0.4, 0.5) is 17.3 Å². The summed E-state index contributed by atoms with van der Waals surface area (Å²) in [6, 6.07) is 14.9. The van der Waals surface area contributed by atoms with Gasteiger partial charge in [-0.2, -0.15) is 0 Å². The van der Waals surface area contributed by atoms with Crippen LogP contribution in [0.3, 0.4) is 0 Å². The van der Waals surface area contributed by atoms with Crippen molar-refractivity contribution in [3.63, 3.8) is 0 Å². The van der Waals surface area contributed by atoms with Crippen LogP contribution in [0.1, 0.15) is 5.56 Å². The van der Waals surface area contributed by atoms with E-state index >= 15 is 0 Å². The van der Waals surface area contributed by atoms with Gasteiger partial charge in [0.1, 0.15) is 11.4 Å². The first-order valence-corrected chi connectivity index (χ1v) is 12.1. The summed E-state index contributed by atoms with van der Waals surface area (Å²) in [5, 5.41) is 20.2. The molecule has 1 aliphatic rings. The zero-order valence-electron chi connectivity index (χ0n) is 20.9. The molecule has 1 unspecified atom stereocenters. The zero-order chi connectivity index (χ0) is 26.5. The molecule has 5 rings (SSSR count). The molecule has 1 aliphatic heterocycles. The molecule has 1 fully saturated rings. The third-order valence-corrected chi connectivity index (χ3v) is 6.40. The van der Waals surface area contributed by atoms with Crippen molar-refractivity contribution in [3.05, 3.63) is 79.1 Å². The van der Waals surface area contributed by atoms with Gasteiger partial charge in [0, 0.05) is 42.1 Å². The Morgan fingerprint density at radius 2 is 2.16 bits per heavy atom. The SMILES string of the molecule is C=CC(=O)Nc1ccnc(-c2cccc3cnc(Nc4ccc(C5(CO)CNCCO5)cc4OC)nc23)c1. The predicted octanol–water partition coefficient (Wildman–Crippen LogP) is 3.38. The van der Waals surface area contributed by atoms with Crippen LogP contribution in [0.15, 0.2) is 73.6 Å². The van der Waals surface area contributed by atoms with E-state index < -0.39 is 5.60 Å². The minimum Gasteiger partial charge on any atom is -0.495 e. The second kappa shape index (κ2) is 10.9. The fraction of sp³-hybridized carbons (Fsp3) is 0.214. The highest BCUT2D eigenvalue weighted by molar-refractivity contribution is 5.99. The number of pyridine rings is 1. The molecule has 0 bridgehead atoms. The lowest BCUT2D eigenvalue weighted by Gasteiger charge is -2.36. The van der Waals surface area contributed by atoms with Crippen molar-refractivity contribution in [3.8, 4) is 17.0 Å². The number of carbonyl (C=O) groups excluding carboxylic acids is 1. The quantitative estimate of drug-likeness (QED) is 0.263. The number of amides is 1. The molecular weight excluding hydrogens is 484 g/mol. The van der Waals surface area contributed by atoms with Gasteiger partial charge in [-0.15, -0.1) is 0 Å². The van der Waals surface area contributed by atoms with Crippen molar-refractivity contribution in [1.82, 2.24) is 20.3 Å². The number of carbonyl (C=O) groups is 1. The van der Waals surface area contributed by atoms with Crippen molar-refractivity contribution in [2.75, 3.05) is 44.0 Å². The normalized spacial score (nSPS) is 17.1. The first-order valence-electron chi connectivity index (χ1n) is 12.1. The maximum atomic E-state index is 11.7. The Morgan fingerprint density at radius 3 is 2.92 bits per heavy atom. The minimum absolute atomic E-state index is 0.154. The fourth-order valence-electron chi connectivity index (χ4n) is 4.41. The van der Waals surface area contributed by atoms with Crippen LogP contribution in [0.25, 0.3) is 22.2 Å². The first kappa shape index (κ1) is 25.3. The second-order valence-electron chi connectivity index (χ2n) is 8.78. The van der Waals surface area contributed by atoms with Gasteiger partial charge in [0.05, 0.1) is 37.2 Å². The largest absolute Gasteiger partial charge is 0.495 e.